The third-order valence-electron chi connectivity index (χ3n) is 2.58. The van der Waals surface area contributed by atoms with Gasteiger partial charge in [0.15, 0.2) is 16.6 Å². The van der Waals surface area contributed by atoms with E-state index in [1.165, 1.54) is 24.5 Å². The Balaban J connectivity index is 1.72. The summed E-state index contributed by atoms with van der Waals surface area (Å²) in [6.07, 6.45) is 1.57. The smallest absolute Gasteiger partial charge is 0.277 e. The van der Waals surface area contributed by atoms with Crippen molar-refractivity contribution in [1.29, 1.82) is 0 Å². The zero-order chi connectivity index (χ0) is 14.7. The number of hydrogen-bond donors (Lipinski definition) is 1. The van der Waals surface area contributed by atoms with Crippen molar-refractivity contribution in [1.82, 2.24) is 15.2 Å². The summed E-state index contributed by atoms with van der Waals surface area (Å²) in [7, 11) is 1.48. The number of hydrogen-bond acceptors (Lipinski definition) is 7. The van der Waals surface area contributed by atoms with Gasteiger partial charge >= 0.3 is 0 Å². The van der Waals surface area contributed by atoms with Crippen LogP contribution in [0.1, 0.15) is 10.5 Å². The van der Waals surface area contributed by atoms with Crippen LogP contribution < -0.4 is 10.1 Å². The highest BCUT2D eigenvalue weighted by Gasteiger charge is 2.12. The van der Waals surface area contributed by atoms with Gasteiger partial charge in [0.2, 0.25) is 5.88 Å². The molecule has 0 fully saturated rings. The first kappa shape index (κ1) is 13.3. The lowest BCUT2D eigenvalue weighted by molar-refractivity contribution is 0.102. The van der Waals surface area contributed by atoms with Crippen LogP contribution in [0.4, 0.5) is 5.13 Å². The van der Waals surface area contributed by atoms with Crippen molar-refractivity contribution in [3.63, 3.8) is 0 Å². The molecule has 21 heavy (non-hydrogen) atoms. The van der Waals surface area contributed by atoms with Crippen molar-refractivity contribution in [3.05, 3.63) is 41.6 Å². The van der Waals surface area contributed by atoms with Crippen LogP contribution in [0.25, 0.3) is 11.5 Å². The number of carbonyl (C=O) groups is 1. The summed E-state index contributed by atoms with van der Waals surface area (Å²) in [5.41, 5.74) is 0.853. The Kier molecular flexibility index (Phi) is 3.61. The number of ether oxygens (including phenoxy) is 1. The molecule has 1 amide bonds. The largest absolute Gasteiger partial charge is 0.480 e. The minimum Gasteiger partial charge on any atom is -0.480 e. The Morgan fingerprint density at radius 3 is 2.90 bits per heavy atom. The number of carbonyl (C=O) groups excluding carboxylic acids is 1. The van der Waals surface area contributed by atoms with Crippen molar-refractivity contribution in [2.45, 2.75) is 0 Å². The number of thiazole rings is 1. The molecule has 0 saturated heterocycles. The molecule has 0 unspecified atom stereocenters. The van der Waals surface area contributed by atoms with E-state index in [9.17, 15) is 4.79 Å². The minimum absolute atomic E-state index is 0.186. The molecule has 1 N–H and O–H groups in total. The fourth-order valence-corrected chi connectivity index (χ4v) is 2.27. The molecule has 0 radical (unpaired) electrons. The summed E-state index contributed by atoms with van der Waals surface area (Å²) in [6.45, 7) is 0. The van der Waals surface area contributed by atoms with Crippen LogP contribution in [-0.2, 0) is 0 Å². The van der Waals surface area contributed by atoms with Crippen LogP contribution in [0.2, 0.25) is 0 Å². The number of nitrogens with one attached hydrogen (secondary N) is 1. The summed E-state index contributed by atoms with van der Waals surface area (Å²) in [4.78, 5) is 16.3. The molecule has 0 aromatic carbocycles. The molecule has 0 saturated carbocycles. The number of furan rings is 1. The monoisotopic (exact) mass is 302 g/mol. The normalized spacial score (nSPS) is 10.3. The summed E-state index contributed by atoms with van der Waals surface area (Å²) in [5, 5.41) is 12.4. The highest BCUT2D eigenvalue weighted by Crippen LogP contribution is 2.25. The number of amides is 1. The van der Waals surface area contributed by atoms with Gasteiger partial charge in [0.25, 0.3) is 5.91 Å². The van der Waals surface area contributed by atoms with Gasteiger partial charge in [-0.25, -0.2) is 4.98 Å². The van der Waals surface area contributed by atoms with Crippen LogP contribution in [-0.4, -0.2) is 28.2 Å². The number of anilines is 1. The van der Waals surface area contributed by atoms with E-state index in [2.05, 4.69) is 20.5 Å². The van der Waals surface area contributed by atoms with Crippen LogP contribution >= 0.6 is 11.3 Å². The highest BCUT2D eigenvalue weighted by molar-refractivity contribution is 7.14. The molecule has 0 aliphatic rings. The Morgan fingerprint density at radius 2 is 2.24 bits per heavy atom. The van der Waals surface area contributed by atoms with Gasteiger partial charge in [-0.2, -0.15) is 0 Å². The molecule has 3 aromatic heterocycles. The fraction of sp³-hybridized carbons (Fsp3) is 0.0769. The molecule has 3 rings (SSSR count). The predicted octanol–water partition coefficient (Wildman–Crippen LogP) is 2.45. The molecule has 3 aromatic rings. The van der Waals surface area contributed by atoms with Gasteiger partial charge in [0, 0.05) is 11.4 Å². The van der Waals surface area contributed by atoms with Crippen molar-refractivity contribution in [2.24, 2.45) is 0 Å². The standard InChI is InChI=1S/C13H10N4O3S/c1-19-11-5-4-8(16-17-11)12(18)15-13-14-9(7-21-13)10-3-2-6-20-10/h2-7H,1H3,(H,14,15,18). The van der Waals surface area contributed by atoms with E-state index in [0.29, 0.717) is 22.5 Å². The first-order chi connectivity index (χ1) is 10.3. The number of nitrogens with zero attached hydrogens (tertiary/aromatic N) is 3. The van der Waals surface area contributed by atoms with E-state index >= 15 is 0 Å². The predicted molar refractivity (Wildman–Crippen MR) is 76.4 cm³/mol. The molecule has 0 bridgehead atoms. The van der Waals surface area contributed by atoms with Crippen LogP contribution in [0.3, 0.4) is 0 Å². The van der Waals surface area contributed by atoms with Gasteiger partial charge in [-0.1, -0.05) is 0 Å². The number of rotatable bonds is 4. The molecule has 0 atom stereocenters. The zero-order valence-electron chi connectivity index (χ0n) is 10.9. The van der Waals surface area contributed by atoms with Gasteiger partial charge in [0.05, 0.1) is 13.4 Å². The van der Waals surface area contributed by atoms with Gasteiger partial charge < -0.3 is 9.15 Å². The summed E-state index contributed by atoms with van der Waals surface area (Å²) in [6, 6.07) is 6.68. The zero-order valence-corrected chi connectivity index (χ0v) is 11.8. The maximum absolute atomic E-state index is 12.0. The average Bonchev–Trinajstić information content (AvgIpc) is 3.18. The third kappa shape index (κ3) is 2.90. The van der Waals surface area contributed by atoms with Crippen molar-refractivity contribution < 1.29 is 13.9 Å². The van der Waals surface area contributed by atoms with Crippen molar-refractivity contribution in [3.8, 4) is 17.3 Å². The third-order valence-corrected chi connectivity index (χ3v) is 3.34. The number of aromatic nitrogens is 3. The van der Waals surface area contributed by atoms with Gasteiger partial charge in [0.1, 0.15) is 5.69 Å². The SMILES string of the molecule is COc1ccc(C(=O)Nc2nc(-c3ccco3)cs2)nn1. The summed E-state index contributed by atoms with van der Waals surface area (Å²) < 4.78 is 10.1. The Bertz CT molecular complexity index is 737. The first-order valence-corrected chi connectivity index (χ1v) is 6.82. The average molecular weight is 302 g/mol. The maximum Gasteiger partial charge on any atom is 0.277 e. The minimum atomic E-state index is -0.384. The topological polar surface area (TPSA) is 90.1 Å². The van der Waals surface area contributed by atoms with E-state index in [1.54, 1.807) is 29.8 Å². The lowest BCUT2D eigenvalue weighted by Crippen LogP contribution is -2.14. The van der Waals surface area contributed by atoms with Crippen LogP contribution in [0.15, 0.2) is 40.3 Å². The molecule has 3 heterocycles. The second kappa shape index (κ2) is 5.71. The molecule has 0 aliphatic carbocycles. The van der Waals surface area contributed by atoms with E-state index < -0.39 is 0 Å². The highest BCUT2D eigenvalue weighted by atomic mass is 32.1. The summed E-state index contributed by atoms with van der Waals surface area (Å²) >= 11 is 1.30. The first-order valence-electron chi connectivity index (χ1n) is 5.95. The second-order valence-corrected chi connectivity index (χ2v) is 4.79. The van der Waals surface area contributed by atoms with E-state index in [-0.39, 0.29) is 11.6 Å². The molecule has 0 spiro atoms. The maximum atomic E-state index is 12.0. The number of methoxy groups -OCH3 is 1. The van der Waals surface area contributed by atoms with Crippen LogP contribution in [0.5, 0.6) is 5.88 Å². The molecule has 8 heteroatoms. The second-order valence-electron chi connectivity index (χ2n) is 3.93. The van der Waals surface area contributed by atoms with Crippen molar-refractivity contribution in [2.75, 3.05) is 12.4 Å². The fourth-order valence-electron chi connectivity index (χ4n) is 1.58. The van der Waals surface area contributed by atoms with E-state index in [0.717, 1.165) is 0 Å². The van der Waals surface area contributed by atoms with Gasteiger partial charge in [-0.3, -0.25) is 10.1 Å². The van der Waals surface area contributed by atoms with E-state index in [4.69, 9.17) is 9.15 Å². The van der Waals surface area contributed by atoms with Crippen LogP contribution in [0, 0.1) is 0 Å². The Hall–Kier alpha value is -2.74. The Morgan fingerprint density at radius 1 is 1.33 bits per heavy atom. The lowest BCUT2D eigenvalue weighted by atomic mass is 10.3. The molecular weight excluding hydrogens is 292 g/mol. The molecule has 106 valence electrons. The summed E-state index contributed by atoms with van der Waals surface area (Å²) in [5.74, 6) is 0.613. The quantitative estimate of drug-likeness (QED) is 0.796. The Labute approximate surface area is 123 Å². The molecule has 7 nitrogen and oxygen atoms in total. The lowest BCUT2D eigenvalue weighted by Gasteiger charge is -2.01. The molecular formula is C13H10N4O3S. The van der Waals surface area contributed by atoms with Crippen molar-refractivity contribution >= 4 is 22.4 Å². The van der Waals surface area contributed by atoms with Gasteiger partial charge in [-0.15, -0.1) is 21.5 Å². The molecule has 0 aliphatic heterocycles. The van der Waals surface area contributed by atoms with E-state index in [1.807, 2.05) is 0 Å². The van der Waals surface area contributed by atoms with Gasteiger partial charge in [-0.05, 0) is 18.2 Å².